The molecule has 0 spiro atoms. The van der Waals surface area contributed by atoms with Crippen LogP contribution in [0.3, 0.4) is 0 Å². The number of ether oxygens (including phenoxy) is 1. The van der Waals surface area contributed by atoms with E-state index in [1.54, 1.807) is 43.8 Å². The first-order valence-electron chi connectivity index (χ1n) is 13.3. The number of fused-ring (bicyclic) bond motifs is 1. The quantitative estimate of drug-likeness (QED) is 0.241. The van der Waals surface area contributed by atoms with E-state index in [0.717, 1.165) is 22.2 Å². The second-order valence-corrected chi connectivity index (χ2v) is 10.1. The largest absolute Gasteiger partial charge is 0.490 e. The highest BCUT2D eigenvalue weighted by atomic mass is 19.4. The van der Waals surface area contributed by atoms with Crippen LogP contribution in [-0.2, 0) is 16.2 Å². The SMILES string of the molecule is Cc1cc(COc2ccc(C(=O)N[C@@H]3CCN(C(=O)N(C)C)C[C@@H]3C(=O)NO)cc2)c2ccccc2n1.O=C(O)C(F)(F)F. The zero-order valence-electron chi connectivity index (χ0n) is 24.1. The molecule has 1 aromatic heterocycles. The zero-order chi connectivity index (χ0) is 32.6. The summed E-state index contributed by atoms with van der Waals surface area (Å²) in [5, 5.41) is 20.2. The summed E-state index contributed by atoms with van der Waals surface area (Å²) in [6.45, 7) is 2.77. The van der Waals surface area contributed by atoms with Gasteiger partial charge in [-0.05, 0) is 49.7 Å². The van der Waals surface area contributed by atoms with Crippen LogP contribution in [0.25, 0.3) is 10.9 Å². The maximum atomic E-state index is 12.9. The number of aryl methyl sites for hydroxylation is 1. The number of benzene rings is 2. The van der Waals surface area contributed by atoms with Crippen LogP contribution in [0.1, 0.15) is 28.0 Å². The van der Waals surface area contributed by atoms with E-state index in [1.807, 2.05) is 37.3 Å². The third-order valence-corrected chi connectivity index (χ3v) is 6.71. The molecule has 1 fully saturated rings. The molecule has 15 heteroatoms. The summed E-state index contributed by atoms with van der Waals surface area (Å²) in [6, 6.07) is 15.9. The summed E-state index contributed by atoms with van der Waals surface area (Å²) in [4.78, 5) is 53.9. The number of carboxylic acid groups (broad SMARTS) is 1. The number of likely N-dealkylation sites (tertiary alicyclic amines) is 1. The number of urea groups is 1. The van der Waals surface area contributed by atoms with Gasteiger partial charge in [0.2, 0.25) is 5.91 Å². The van der Waals surface area contributed by atoms with Gasteiger partial charge in [-0.15, -0.1) is 0 Å². The van der Waals surface area contributed by atoms with Crippen molar-refractivity contribution in [1.29, 1.82) is 0 Å². The van der Waals surface area contributed by atoms with E-state index in [-0.39, 0.29) is 18.5 Å². The molecular weight excluding hydrogens is 587 g/mol. The molecule has 2 heterocycles. The first-order chi connectivity index (χ1) is 20.7. The molecule has 44 heavy (non-hydrogen) atoms. The van der Waals surface area contributed by atoms with Gasteiger partial charge in [-0.3, -0.25) is 19.8 Å². The van der Waals surface area contributed by atoms with Crippen LogP contribution in [0.2, 0.25) is 0 Å². The average molecular weight is 620 g/mol. The van der Waals surface area contributed by atoms with Gasteiger partial charge in [0.25, 0.3) is 5.91 Å². The Kier molecular flexibility index (Phi) is 11.1. The van der Waals surface area contributed by atoms with Crippen molar-refractivity contribution in [2.75, 3.05) is 27.2 Å². The Morgan fingerprint density at radius 1 is 1.09 bits per heavy atom. The third-order valence-electron chi connectivity index (χ3n) is 6.71. The van der Waals surface area contributed by atoms with Gasteiger partial charge in [-0.25, -0.2) is 15.1 Å². The highest BCUT2D eigenvalue weighted by Gasteiger charge is 2.38. The summed E-state index contributed by atoms with van der Waals surface area (Å²) in [6.07, 6.45) is -4.70. The van der Waals surface area contributed by atoms with Gasteiger partial charge >= 0.3 is 18.2 Å². The fraction of sp³-hybridized carbons (Fsp3) is 0.345. The Morgan fingerprint density at radius 2 is 1.73 bits per heavy atom. The number of rotatable bonds is 6. The van der Waals surface area contributed by atoms with E-state index in [9.17, 15) is 32.8 Å². The molecule has 1 aliphatic rings. The van der Waals surface area contributed by atoms with Crippen LogP contribution in [0.4, 0.5) is 18.0 Å². The number of alkyl halides is 3. The molecule has 0 saturated carbocycles. The molecule has 3 aromatic rings. The Balaban J connectivity index is 0.000000676. The lowest BCUT2D eigenvalue weighted by molar-refractivity contribution is -0.192. The van der Waals surface area contributed by atoms with Gasteiger partial charge in [-0.2, -0.15) is 13.2 Å². The number of nitrogens with one attached hydrogen (secondary N) is 2. The second kappa shape index (κ2) is 14.5. The first kappa shape index (κ1) is 33.6. The summed E-state index contributed by atoms with van der Waals surface area (Å²) in [5.41, 5.74) is 4.92. The zero-order valence-corrected chi connectivity index (χ0v) is 24.1. The maximum absolute atomic E-state index is 12.9. The number of carboxylic acids is 1. The van der Waals surface area contributed by atoms with E-state index >= 15 is 0 Å². The monoisotopic (exact) mass is 619 g/mol. The van der Waals surface area contributed by atoms with Crippen molar-refractivity contribution < 1.29 is 47.4 Å². The minimum absolute atomic E-state index is 0.0876. The molecule has 4 rings (SSSR count). The van der Waals surface area contributed by atoms with Crippen molar-refractivity contribution in [2.45, 2.75) is 32.2 Å². The minimum Gasteiger partial charge on any atom is -0.489 e. The molecule has 0 radical (unpaired) electrons. The average Bonchev–Trinajstić information content (AvgIpc) is 2.99. The van der Waals surface area contributed by atoms with E-state index in [4.69, 9.17) is 14.6 Å². The number of nitrogens with zero attached hydrogens (tertiary/aromatic N) is 3. The van der Waals surface area contributed by atoms with Crippen LogP contribution in [0.15, 0.2) is 54.6 Å². The van der Waals surface area contributed by atoms with Crippen LogP contribution in [0.5, 0.6) is 5.75 Å². The number of hydrogen-bond donors (Lipinski definition) is 4. The number of piperidine rings is 1. The normalized spacial score (nSPS) is 16.3. The molecule has 236 valence electrons. The summed E-state index contributed by atoms with van der Waals surface area (Å²) >= 11 is 0. The lowest BCUT2D eigenvalue weighted by Gasteiger charge is -2.38. The van der Waals surface area contributed by atoms with Crippen LogP contribution in [0, 0.1) is 12.8 Å². The van der Waals surface area contributed by atoms with Crippen molar-refractivity contribution in [3.63, 3.8) is 0 Å². The summed E-state index contributed by atoms with van der Waals surface area (Å²) < 4.78 is 37.7. The molecule has 0 aliphatic carbocycles. The molecule has 4 N–H and O–H groups in total. The third kappa shape index (κ3) is 8.80. The van der Waals surface area contributed by atoms with E-state index in [1.165, 1.54) is 9.80 Å². The molecule has 4 amide bonds. The van der Waals surface area contributed by atoms with Gasteiger partial charge in [0, 0.05) is 55.4 Å². The van der Waals surface area contributed by atoms with Gasteiger partial charge in [0.05, 0.1) is 11.4 Å². The van der Waals surface area contributed by atoms with Crippen molar-refractivity contribution in [3.8, 4) is 5.75 Å². The number of hydrogen-bond acceptors (Lipinski definition) is 7. The highest BCUT2D eigenvalue weighted by molar-refractivity contribution is 5.95. The number of aliphatic carboxylic acids is 1. The van der Waals surface area contributed by atoms with Crippen LogP contribution >= 0.6 is 0 Å². The van der Waals surface area contributed by atoms with Crippen LogP contribution in [-0.4, -0.2) is 88.3 Å². The predicted molar refractivity (Wildman–Crippen MR) is 151 cm³/mol. The van der Waals surface area contributed by atoms with E-state index in [2.05, 4.69) is 10.3 Å². The number of amides is 4. The van der Waals surface area contributed by atoms with Crippen molar-refractivity contribution in [3.05, 3.63) is 71.4 Å². The number of para-hydroxylation sites is 1. The number of carbonyl (C=O) groups excluding carboxylic acids is 3. The van der Waals surface area contributed by atoms with Gasteiger partial charge in [-0.1, -0.05) is 18.2 Å². The molecule has 12 nitrogen and oxygen atoms in total. The second-order valence-electron chi connectivity index (χ2n) is 10.1. The first-order valence-corrected chi connectivity index (χ1v) is 13.3. The molecule has 0 bridgehead atoms. The topological polar surface area (TPSA) is 161 Å². The Hall–Kier alpha value is -4.92. The van der Waals surface area contributed by atoms with Gasteiger partial charge < -0.3 is 25.0 Å². The predicted octanol–water partition coefficient (Wildman–Crippen LogP) is 3.36. The lowest BCUT2D eigenvalue weighted by Crippen LogP contribution is -2.57. The standard InChI is InChI=1S/C27H31N5O5.C2HF3O2/c1-17-14-19(21-6-4-5-7-23(21)28-17)16-37-20-10-8-18(9-11-20)25(33)29-24-12-13-32(27(35)31(2)3)15-22(24)26(34)30-36;3-2(4,5)1(6)7/h4-11,14,22,24,36H,12-13,15-16H2,1-3H3,(H,29,33)(H,30,34);(H,6,7)/t22-,24+;/m0./s1. The number of hydroxylamine groups is 1. The maximum Gasteiger partial charge on any atom is 0.490 e. The number of pyridine rings is 1. The van der Waals surface area contributed by atoms with Crippen molar-refractivity contribution >= 4 is 34.7 Å². The molecule has 0 unspecified atom stereocenters. The molecule has 1 saturated heterocycles. The van der Waals surface area contributed by atoms with Crippen molar-refractivity contribution in [1.82, 2.24) is 25.6 Å². The molecule has 2 aromatic carbocycles. The van der Waals surface area contributed by atoms with Crippen LogP contribution < -0.4 is 15.5 Å². The Bertz CT molecular complexity index is 1500. The van der Waals surface area contributed by atoms with Gasteiger partial charge in [0.15, 0.2) is 0 Å². The smallest absolute Gasteiger partial charge is 0.489 e. The van der Waals surface area contributed by atoms with Gasteiger partial charge in [0.1, 0.15) is 12.4 Å². The number of halogens is 3. The van der Waals surface area contributed by atoms with E-state index in [0.29, 0.717) is 30.9 Å². The summed E-state index contributed by atoms with van der Waals surface area (Å²) in [7, 11) is 3.26. The Morgan fingerprint density at radius 3 is 2.32 bits per heavy atom. The van der Waals surface area contributed by atoms with E-state index < -0.39 is 30.0 Å². The fourth-order valence-electron chi connectivity index (χ4n) is 4.56. The molecule has 2 atom stereocenters. The highest BCUT2D eigenvalue weighted by Crippen LogP contribution is 2.22. The minimum atomic E-state index is -5.08. The Labute approximate surface area is 250 Å². The molecule has 1 aliphatic heterocycles. The number of carbonyl (C=O) groups is 4. The fourth-order valence-corrected chi connectivity index (χ4v) is 4.56. The number of aromatic nitrogens is 1. The lowest BCUT2D eigenvalue weighted by atomic mass is 9.91. The summed E-state index contributed by atoms with van der Waals surface area (Å²) in [5.74, 6) is -3.93. The van der Waals surface area contributed by atoms with Crippen molar-refractivity contribution in [2.24, 2.45) is 5.92 Å². The molecular formula is C29H32F3N5O7.